The van der Waals surface area contributed by atoms with Crippen molar-refractivity contribution in [3.8, 4) is 0 Å². The van der Waals surface area contributed by atoms with Gasteiger partial charge in [-0.2, -0.15) is 0 Å². The molecule has 0 radical (unpaired) electrons. The largest absolute Gasteiger partial charge is 0.450 e. The van der Waals surface area contributed by atoms with E-state index in [1.807, 2.05) is 0 Å². The van der Waals surface area contributed by atoms with Gasteiger partial charge in [-0.15, -0.1) is 0 Å². The van der Waals surface area contributed by atoms with E-state index >= 15 is 0 Å². The van der Waals surface area contributed by atoms with Gasteiger partial charge in [0.15, 0.2) is 0 Å². The number of carbonyl (C=O) groups is 2. The van der Waals surface area contributed by atoms with Crippen molar-refractivity contribution in [1.29, 1.82) is 0 Å². The highest BCUT2D eigenvalue weighted by atomic mass is 16.6. The Balaban J connectivity index is 1.82. The second-order valence-corrected chi connectivity index (χ2v) is 6.11. The summed E-state index contributed by atoms with van der Waals surface area (Å²) in [6, 6.07) is -0.336. The smallest absolute Gasteiger partial charge is 0.410 e. The Morgan fingerprint density at radius 3 is 3.00 bits per heavy atom. The molecule has 2 aliphatic rings. The molecule has 1 saturated heterocycles. The van der Waals surface area contributed by atoms with E-state index in [9.17, 15) is 14.7 Å². The predicted molar refractivity (Wildman–Crippen MR) is 88.1 cm³/mol. The number of aliphatic hydroxyl groups is 1. The average molecular weight is 349 g/mol. The van der Waals surface area contributed by atoms with E-state index in [1.165, 1.54) is 0 Å². The number of morpholine rings is 1. The highest BCUT2D eigenvalue weighted by molar-refractivity contribution is 5.96. The van der Waals surface area contributed by atoms with Gasteiger partial charge in [-0.1, -0.05) is 0 Å². The van der Waals surface area contributed by atoms with Crippen LogP contribution in [0.25, 0.3) is 0 Å². The van der Waals surface area contributed by atoms with Crippen LogP contribution in [-0.4, -0.2) is 77.4 Å². The lowest BCUT2D eigenvalue weighted by molar-refractivity contribution is -0.0184. The number of pyridine rings is 1. The number of aromatic nitrogens is 1. The average Bonchev–Trinajstić information content (AvgIpc) is 2.66. The van der Waals surface area contributed by atoms with Crippen LogP contribution in [0.15, 0.2) is 12.4 Å². The molecule has 25 heavy (non-hydrogen) atoms. The molecule has 3 rings (SSSR count). The first-order valence-corrected chi connectivity index (χ1v) is 8.52. The summed E-state index contributed by atoms with van der Waals surface area (Å²) in [5.41, 5.74) is 2.32. The van der Waals surface area contributed by atoms with Gasteiger partial charge in [0.1, 0.15) is 0 Å². The summed E-state index contributed by atoms with van der Waals surface area (Å²) in [7, 11) is 0. The molecule has 2 amide bonds. The third-order valence-electron chi connectivity index (χ3n) is 4.60. The third-order valence-corrected chi connectivity index (χ3v) is 4.60. The first kappa shape index (κ1) is 17.6. The van der Waals surface area contributed by atoms with Crippen molar-refractivity contribution in [2.24, 2.45) is 0 Å². The Morgan fingerprint density at radius 1 is 1.40 bits per heavy atom. The lowest BCUT2D eigenvalue weighted by Crippen LogP contribution is -2.51. The maximum Gasteiger partial charge on any atom is 0.410 e. The summed E-state index contributed by atoms with van der Waals surface area (Å²) in [5.74, 6) is -0.142. The van der Waals surface area contributed by atoms with Gasteiger partial charge >= 0.3 is 6.09 Å². The number of hydrogen-bond donors (Lipinski definition) is 1. The van der Waals surface area contributed by atoms with E-state index < -0.39 is 0 Å². The van der Waals surface area contributed by atoms with Crippen molar-refractivity contribution in [2.45, 2.75) is 25.9 Å². The quantitative estimate of drug-likeness (QED) is 0.851. The Bertz CT molecular complexity index is 651. The van der Waals surface area contributed by atoms with E-state index in [1.54, 1.807) is 29.1 Å². The fourth-order valence-corrected chi connectivity index (χ4v) is 3.28. The molecule has 136 valence electrons. The topological polar surface area (TPSA) is 92.2 Å². The van der Waals surface area contributed by atoms with Crippen LogP contribution in [-0.2, 0) is 22.4 Å². The van der Waals surface area contributed by atoms with Crippen LogP contribution < -0.4 is 0 Å². The predicted octanol–water partition coefficient (Wildman–Crippen LogP) is 0.430. The molecule has 0 aliphatic carbocycles. The van der Waals surface area contributed by atoms with Crippen molar-refractivity contribution in [2.75, 3.05) is 39.5 Å². The first-order valence-electron chi connectivity index (χ1n) is 8.52. The van der Waals surface area contributed by atoms with Crippen LogP contribution in [0.2, 0.25) is 0 Å². The summed E-state index contributed by atoms with van der Waals surface area (Å²) < 4.78 is 10.4. The molecule has 1 N–H and O–H groups in total. The molecular weight excluding hydrogens is 326 g/mol. The lowest BCUT2D eigenvalue weighted by atomic mass is 9.96. The summed E-state index contributed by atoms with van der Waals surface area (Å²) in [5, 5.41) is 9.49. The fourth-order valence-electron chi connectivity index (χ4n) is 3.28. The van der Waals surface area contributed by atoms with E-state index in [4.69, 9.17) is 9.47 Å². The van der Waals surface area contributed by atoms with Gasteiger partial charge < -0.3 is 24.4 Å². The molecule has 0 saturated carbocycles. The maximum atomic E-state index is 13.0. The van der Waals surface area contributed by atoms with Crippen molar-refractivity contribution in [3.63, 3.8) is 0 Å². The van der Waals surface area contributed by atoms with Gasteiger partial charge in [0.25, 0.3) is 5.91 Å². The molecule has 8 heteroatoms. The van der Waals surface area contributed by atoms with Crippen LogP contribution in [0.4, 0.5) is 4.79 Å². The number of nitrogens with zero attached hydrogens (tertiary/aromatic N) is 3. The number of carbonyl (C=O) groups excluding carboxylic acids is 2. The van der Waals surface area contributed by atoms with Gasteiger partial charge in [-0.3, -0.25) is 9.78 Å². The molecule has 2 aliphatic heterocycles. The highest BCUT2D eigenvalue weighted by Crippen LogP contribution is 2.24. The summed E-state index contributed by atoms with van der Waals surface area (Å²) >= 11 is 0. The summed E-state index contributed by atoms with van der Waals surface area (Å²) in [6.07, 6.45) is 3.50. The number of aliphatic hydroxyl groups excluding tert-OH is 1. The monoisotopic (exact) mass is 349 g/mol. The Kier molecular flexibility index (Phi) is 5.50. The van der Waals surface area contributed by atoms with Crippen molar-refractivity contribution >= 4 is 12.0 Å². The molecule has 1 fully saturated rings. The summed E-state index contributed by atoms with van der Waals surface area (Å²) in [4.78, 5) is 32.3. The van der Waals surface area contributed by atoms with E-state index in [0.29, 0.717) is 51.4 Å². The standard InChI is InChI=1S/C17H23N3O5/c1-2-25-17(23)19-4-3-14-12(9-19)7-18-8-15(14)16(22)20-5-6-24-11-13(20)10-21/h7-8,13,21H,2-6,9-11H2,1H3. The second-order valence-electron chi connectivity index (χ2n) is 6.11. The number of hydrogen-bond acceptors (Lipinski definition) is 6. The van der Waals surface area contributed by atoms with Crippen LogP contribution in [0.3, 0.4) is 0 Å². The highest BCUT2D eigenvalue weighted by Gasteiger charge is 2.31. The maximum absolute atomic E-state index is 13.0. The molecule has 0 bridgehead atoms. The molecular formula is C17H23N3O5. The van der Waals surface area contributed by atoms with Gasteiger partial charge in [0, 0.05) is 25.5 Å². The normalized spacial score (nSPS) is 20.2. The van der Waals surface area contributed by atoms with Crippen LogP contribution in [0.5, 0.6) is 0 Å². The molecule has 8 nitrogen and oxygen atoms in total. The molecule has 1 aromatic heterocycles. The zero-order chi connectivity index (χ0) is 17.8. The lowest BCUT2D eigenvalue weighted by Gasteiger charge is -2.35. The first-order chi connectivity index (χ1) is 12.2. The van der Waals surface area contributed by atoms with Crippen LogP contribution in [0, 0.1) is 0 Å². The van der Waals surface area contributed by atoms with E-state index in [-0.39, 0.29) is 24.6 Å². The minimum absolute atomic E-state index is 0.134. The number of amides is 2. The van der Waals surface area contributed by atoms with Gasteiger partial charge in [-0.05, 0) is 24.5 Å². The second kappa shape index (κ2) is 7.79. The molecule has 3 heterocycles. The van der Waals surface area contributed by atoms with E-state index in [2.05, 4.69) is 4.98 Å². The van der Waals surface area contributed by atoms with Gasteiger partial charge in [0.05, 0.1) is 44.6 Å². The molecule has 1 unspecified atom stereocenters. The number of rotatable bonds is 3. The van der Waals surface area contributed by atoms with Crippen LogP contribution >= 0.6 is 0 Å². The minimum Gasteiger partial charge on any atom is -0.450 e. The molecule has 0 spiro atoms. The number of fused-ring (bicyclic) bond motifs is 1. The fraction of sp³-hybridized carbons (Fsp3) is 0.588. The van der Waals surface area contributed by atoms with Gasteiger partial charge in [0.2, 0.25) is 0 Å². The zero-order valence-electron chi connectivity index (χ0n) is 14.3. The van der Waals surface area contributed by atoms with Gasteiger partial charge in [-0.25, -0.2) is 4.79 Å². The summed E-state index contributed by atoms with van der Waals surface area (Å²) in [6.45, 7) is 4.10. The minimum atomic E-state index is -0.349. The van der Waals surface area contributed by atoms with Crippen LogP contribution in [0.1, 0.15) is 28.4 Å². The third kappa shape index (κ3) is 3.59. The Hall–Kier alpha value is -2.19. The van der Waals surface area contributed by atoms with Crippen molar-refractivity contribution in [1.82, 2.24) is 14.8 Å². The van der Waals surface area contributed by atoms with E-state index in [0.717, 1.165) is 11.1 Å². The molecule has 0 aromatic carbocycles. The van der Waals surface area contributed by atoms with Crippen molar-refractivity contribution < 1.29 is 24.2 Å². The molecule has 1 atom stereocenters. The SMILES string of the molecule is CCOC(=O)N1CCc2c(cncc2C(=O)N2CCOCC2CO)C1. The van der Waals surface area contributed by atoms with Crippen molar-refractivity contribution in [3.05, 3.63) is 29.1 Å². The number of ether oxygens (including phenoxy) is 2. The Morgan fingerprint density at radius 2 is 2.24 bits per heavy atom. The Labute approximate surface area is 146 Å². The zero-order valence-corrected chi connectivity index (χ0v) is 14.3. The molecule has 1 aromatic rings.